The number of hydrogen-bond acceptors (Lipinski definition) is 0. The average molecular weight is 322 g/mol. The Morgan fingerprint density at radius 1 is 1.00 bits per heavy atom. The van der Waals surface area contributed by atoms with Crippen molar-refractivity contribution in [2.75, 3.05) is 0 Å². The average Bonchev–Trinajstić information content (AvgIpc) is 2.52. The van der Waals surface area contributed by atoms with Gasteiger partial charge >= 0.3 is 0 Å². The molecule has 8 atom stereocenters. The highest BCUT2D eigenvalue weighted by Gasteiger charge is 2.58. The van der Waals surface area contributed by atoms with Gasteiger partial charge in [-0.2, -0.15) is 0 Å². The van der Waals surface area contributed by atoms with E-state index in [4.69, 9.17) is 0 Å². The Hall–Kier alpha value is -0.400. The van der Waals surface area contributed by atoms with Crippen LogP contribution in [0.15, 0.2) is 11.6 Å². The summed E-state index contributed by atoms with van der Waals surface area (Å²) in [6.07, 6.45) is 8.98. The van der Waals surface area contributed by atoms with E-state index in [1.54, 1.807) is 0 Å². The molecular formula is C21H32F2. The molecule has 4 aliphatic carbocycles. The van der Waals surface area contributed by atoms with E-state index in [1.165, 1.54) is 12.0 Å². The summed E-state index contributed by atoms with van der Waals surface area (Å²) in [6, 6.07) is 0. The third-order valence-electron chi connectivity index (χ3n) is 8.54. The second-order valence-electron chi connectivity index (χ2n) is 9.60. The zero-order valence-electron chi connectivity index (χ0n) is 15.0. The lowest BCUT2D eigenvalue weighted by molar-refractivity contribution is -0.118. The lowest BCUT2D eigenvalue weighted by Gasteiger charge is -2.61. The smallest absolute Gasteiger partial charge is 0.108 e. The summed E-state index contributed by atoms with van der Waals surface area (Å²) >= 11 is 0. The number of fused-ring (bicyclic) bond motifs is 5. The van der Waals surface area contributed by atoms with Crippen LogP contribution in [0.25, 0.3) is 0 Å². The SMILES string of the molecule is C[C@@H]1CCC2C3CC=C4C[C@@H](F)CC[C@]4(C)C3CC[C@]2(C)[C@H]1F. The molecular weight excluding hydrogens is 290 g/mol. The molecule has 0 N–H and O–H groups in total. The van der Waals surface area contributed by atoms with E-state index < -0.39 is 12.3 Å². The van der Waals surface area contributed by atoms with Gasteiger partial charge in [0.05, 0.1) is 0 Å². The molecule has 3 saturated carbocycles. The topological polar surface area (TPSA) is 0 Å². The minimum atomic E-state index is -0.637. The van der Waals surface area contributed by atoms with E-state index in [2.05, 4.69) is 26.8 Å². The van der Waals surface area contributed by atoms with Crippen LogP contribution in [-0.4, -0.2) is 12.3 Å². The Labute approximate surface area is 140 Å². The quantitative estimate of drug-likeness (QED) is 0.462. The van der Waals surface area contributed by atoms with Gasteiger partial charge in [0.1, 0.15) is 12.3 Å². The molecule has 0 radical (unpaired) electrons. The number of alkyl halides is 2. The van der Waals surface area contributed by atoms with Crippen LogP contribution < -0.4 is 0 Å². The Bertz CT molecular complexity index is 512. The highest BCUT2D eigenvalue weighted by atomic mass is 19.1. The Morgan fingerprint density at radius 3 is 2.57 bits per heavy atom. The van der Waals surface area contributed by atoms with Gasteiger partial charge in [0.2, 0.25) is 0 Å². The molecule has 4 aliphatic rings. The van der Waals surface area contributed by atoms with Crippen molar-refractivity contribution in [3.05, 3.63) is 11.6 Å². The van der Waals surface area contributed by atoms with E-state index in [0.29, 0.717) is 24.2 Å². The van der Waals surface area contributed by atoms with Gasteiger partial charge in [-0.15, -0.1) is 0 Å². The molecule has 0 aliphatic heterocycles. The Balaban J connectivity index is 1.66. The van der Waals surface area contributed by atoms with Crippen LogP contribution in [0.4, 0.5) is 8.78 Å². The van der Waals surface area contributed by atoms with Gasteiger partial charge in [0.15, 0.2) is 0 Å². The first-order chi connectivity index (χ1) is 10.9. The second kappa shape index (κ2) is 5.30. The summed E-state index contributed by atoms with van der Waals surface area (Å²) in [5.41, 5.74) is 1.47. The number of halogens is 2. The van der Waals surface area contributed by atoms with Crippen molar-refractivity contribution in [2.24, 2.45) is 34.5 Å². The fourth-order valence-corrected chi connectivity index (χ4v) is 7.09. The van der Waals surface area contributed by atoms with E-state index in [1.807, 2.05) is 0 Å². The summed E-state index contributed by atoms with van der Waals surface area (Å²) in [4.78, 5) is 0. The van der Waals surface area contributed by atoms with Crippen molar-refractivity contribution in [2.45, 2.75) is 84.5 Å². The molecule has 0 bridgehead atoms. The zero-order valence-corrected chi connectivity index (χ0v) is 15.0. The molecule has 130 valence electrons. The fraction of sp³-hybridized carbons (Fsp3) is 0.905. The summed E-state index contributed by atoms with van der Waals surface area (Å²) in [6.45, 7) is 6.72. The molecule has 3 unspecified atom stereocenters. The van der Waals surface area contributed by atoms with Crippen LogP contribution in [0.2, 0.25) is 0 Å². The molecule has 2 heteroatoms. The molecule has 0 spiro atoms. The van der Waals surface area contributed by atoms with Crippen LogP contribution in [0.1, 0.15) is 72.1 Å². The number of rotatable bonds is 0. The monoisotopic (exact) mass is 322 g/mol. The van der Waals surface area contributed by atoms with Gasteiger partial charge in [-0.3, -0.25) is 0 Å². The van der Waals surface area contributed by atoms with Gasteiger partial charge in [-0.25, -0.2) is 8.78 Å². The molecule has 0 aromatic rings. The van der Waals surface area contributed by atoms with Crippen LogP contribution >= 0.6 is 0 Å². The van der Waals surface area contributed by atoms with Crippen molar-refractivity contribution in [3.8, 4) is 0 Å². The molecule has 23 heavy (non-hydrogen) atoms. The van der Waals surface area contributed by atoms with Crippen molar-refractivity contribution < 1.29 is 8.78 Å². The predicted molar refractivity (Wildman–Crippen MR) is 90.7 cm³/mol. The minimum Gasteiger partial charge on any atom is -0.247 e. The van der Waals surface area contributed by atoms with Gasteiger partial charge in [0.25, 0.3) is 0 Å². The van der Waals surface area contributed by atoms with Crippen LogP contribution in [-0.2, 0) is 0 Å². The molecule has 0 heterocycles. The maximum Gasteiger partial charge on any atom is 0.108 e. The van der Waals surface area contributed by atoms with Crippen molar-refractivity contribution in [1.29, 1.82) is 0 Å². The molecule has 0 aromatic carbocycles. The Morgan fingerprint density at radius 2 is 1.78 bits per heavy atom. The van der Waals surface area contributed by atoms with Crippen LogP contribution in [0.5, 0.6) is 0 Å². The van der Waals surface area contributed by atoms with E-state index >= 15 is 4.39 Å². The molecule has 0 amide bonds. The fourth-order valence-electron chi connectivity index (χ4n) is 7.09. The van der Waals surface area contributed by atoms with Gasteiger partial charge in [0, 0.05) is 11.8 Å². The van der Waals surface area contributed by atoms with E-state index in [9.17, 15) is 4.39 Å². The maximum absolute atomic E-state index is 15.1. The largest absolute Gasteiger partial charge is 0.247 e. The zero-order chi connectivity index (χ0) is 16.4. The highest BCUT2D eigenvalue weighted by molar-refractivity contribution is 5.25. The highest BCUT2D eigenvalue weighted by Crippen LogP contribution is 2.64. The summed E-state index contributed by atoms with van der Waals surface area (Å²) in [7, 11) is 0. The first kappa shape index (κ1) is 16.1. The van der Waals surface area contributed by atoms with Crippen LogP contribution in [0.3, 0.4) is 0 Å². The van der Waals surface area contributed by atoms with Gasteiger partial charge in [-0.1, -0.05) is 32.4 Å². The van der Waals surface area contributed by atoms with Crippen molar-refractivity contribution in [1.82, 2.24) is 0 Å². The predicted octanol–water partition coefficient (Wildman–Crippen LogP) is 6.26. The lowest BCUT2D eigenvalue weighted by Crippen LogP contribution is -2.55. The van der Waals surface area contributed by atoms with E-state index in [-0.39, 0.29) is 16.7 Å². The summed E-state index contributed by atoms with van der Waals surface area (Å²) < 4.78 is 29.0. The summed E-state index contributed by atoms with van der Waals surface area (Å²) in [5, 5.41) is 0. The molecule has 0 saturated heterocycles. The molecule has 3 fully saturated rings. The second-order valence-corrected chi connectivity index (χ2v) is 9.60. The third-order valence-corrected chi connectivity index (χ3v) is 8.54. The van der Waals surface area contributed by atoms with E-state index in [0.717, 1.165) is 38.5 Å². The lowest BCUT2D eigenvalue weighted by atomic mass is 9.44. The molecule has 0 aromatic heterocycles. The maximum atomic E-state index is 15.1. The van der Waals surface area contributed by atoms with Gasteiger partial charge in [-0.05, 0) is 74.0 Å². The number of allylic oxidation sites excluding steroid dienone is 2. The first-order valence-electron chi connectivity index (χ1n) is 9.84. The van der Waals surface area contributed by atoms with Gasteiger partial charge < -0.3 is 0 Å². The molecule has 4 rings (SSSR count). The number of hydrogen-bond donors (Lipinski definition) is 0. The van der Waals surface area contributed by atoms with Crippen molar-refractivity contribution in [3.63, 3.8) is 0 Å². The first-order valence-corrected chi connectivity index (χ1v) is 9.84. The van der Waals surface area contributed by atoms with Crippen molar-refractivity contribution >= 4 is 0 Å². The van der Waals surface area contributed by atoms with Crippen LogP contribution in [0, 0.1) is 34.5 Å². The Kier molecular flexibility index (Phi) is 3.71. The minimum absolute atomic E-state index is 0.113. The third kappa shape index (κ3) is 2.19. The summed E-state index contributed by atoms with van der Waals surface area (Å²) in [5.74, 6) is 2.04. The molecule has 0 nitrogen and oxygen atoms in total. The standard InChI is InChI=1S/C21H32F2/c1-13-4-7-17-16-6-5-14-12-15(22)8-10-20(14,2)18(16)9-11-21(17,3)19(13)23/h5,13,15-19H,4,6-12H2,1-3H3/t13-,15+,16?,17?,18?,19+,20+,21+/m1/s1. The normalized spacial score (nSPS) is 56.1.